The SMILES string of the molecule is CC(=O)c1ccc(C2(C(C)F)CC2)cc1. The van der Waals surface area contributed by atoms with Gasteiger partial charge >= 0.3 is 0 Å². The van der Waals surface area contributed by atoms with Gasteiger partial charge in [0, 0.05) is 11.0 Å². The zero-order chi connectivity index (χ0) is 11.1. The largest absolute Gasteiger partial charge is 0.295 e. The molecule has 0 heterocycles. The predicted octanol–water partition coefficient (Wildman–Crippen LogP) is 3.28. The van der Waals surface area contributed by atoms with Gasteiger partial charge in [-0.15, -0.1) is 0 Å². The molecular formula is C13H15FO. The summed E-state index contributed by atoms with van der Waals surface area (Å²) in [6.07, 6.45) is 1.04. The van der Waals surface area contributed by atoms with E-state index in [9.17, 15) is 9.18 Å². The lowest BCUT2D eigenvalue weighted by molar-refractivity contribution is 0.101. The van der Waals surface area contributed by atoms with E-state index in [-0.39, 0.29) is 11.2 Å². The van der Waals surface area contributed by atoms with Crippen molar-refractivity contribution in [1.82, 2.24) is 0 Å². The van der Waals surface area contributed by atoms with E-state index in [1.54, 1.807) is 26.0 Å². The van der Waals surface area contributed by atoms with Gasteiger partial charge in [0.15, 0.2) is 5.78 Å². The fourth-order valence-corrected chi connectivity index (χ4v) is 2.09. The van der Waals surface area contributed by atoms with Crippen LogP contribution in [0.3, 0.4) is 0 Å². The van der Waals surface area contributed by atoms with Crippen molar-refractivity contribution in [1.29, 1.82) is 0 Å². The molecule has 0 bridgehead atoms. The number of Topliss-reactive ketones (excluding diaryl/α,β-unsaturated/α-hetero) is 1. The van der Waals surface area contributed by atoms with Crippen LogP contribution in [-0.4, -0.2) is 12.0 Å². The molecule has 1 atom stereocenters. The standard InChI is InChI=1S/C13H15FO/c1-9(15)11-3-5-12(6-4-11)13(7-8-13)10(2)14/h3-6,10H,7-8H2,1-2H3. The minimum atomic E-state index is -0.805. The van der Waals surface area contributed by atoms with Crippen LogP contribution in [0.25, 0.3) is 0 Å². The van der Waals surface area contributed by atoms with Gasteiger partial charge in [-0.3, -0.25) is 4.79 Å². The molecule has 80 valence electrons. The molecule has 2 rings (SSSR count). The fraction of sp³-hybridized carbons (Fsp3) is 0.462. The third-order valence-electron chi connectivity index (χ3n) is 3.42. The molecule has 0 saturated heterocycles. The monoisotopic (exact) mass is 206 g/mol. The number of halogens is 1. The molecule has 1 aliphatic rings. The highest BCUT2D eigenvalue weighted by atomic mass is 19.1. The van der Waals surface area contributed by atoms with Crippen LogP contribution in [0.4, 0.5) is 4.39 Å². The quantitative estimate of drug-likeness (QED) is 0.693. The summed E-state index contributed by atoms with van der Waals surface area (Å²) >= 11 is 0. The first-order valence-corrected chi connectivity index (χ1v) is 5.32. The van der Waals surface area contributed by atoms with E-state index in [2.05, 4.69) is 0 Å². The molecular weight excluding hydrogens is 191 g/mol. The highest BCUT2D eigenvalue weighted by molar-refractivity contribution is 5.94. The van der Waals surface area contributed by atoms with Crippen LogP contribution >= 0.6 is 0 Å². The minimum Gasteiger partial charge on any atom is -0.295 e. The Labute approximate surface area is 89.3 Å². The second-order valence-electron chi connectivity index (χ2n) is 4.41. The van der Waals surface area contributed by atoms with Crippen LogP contribution < -0.4 is 0 Å². The predicted molar refractivity (Wildman–Crippen MR) is 57.9 cm³/mol. The average molecular weight is 206 g/mol. The van der Waals surface area contributed by atoms with Gasteiger partial charge in [-0.1, -0.05) is 24.3 Å². The van der Waals surface area contributed by atoms with Gasteiger partial charge in [0.1, 0.15) is 6.17 Å². The maximum Gasteiger partial charge on any atom is 0.159 e. The molecule has 0 N–H and O–H groups in total. The van der Waals surface area contributed by atoms with E-state index in [1.807, 2.05) is 12.1 Å². The Kier molecular flexibility index (Phi) is 2.37. The van der Waals surface area contributed by atoms with Crippen molar-refractivity contribution < 1.29 is 9.18 Å². The zero-order valence-corrected chi connectivity index (χ0v) is 9.09. The molecule has 0 aliphatic heterocycles. The molecule has 1 aromatic carbocycles. The third-order valence-corrected chi connectivity index (χ3v) is 3.42. The number of carbonyl (C=O) groups excluding carboxylic acids is 1. The zero-order valence-electron chi connectivity index (χ0n) is 9.09. The topological polar surface area (TPSA) is 17.1 Å². The molecule has 1 aromatic rings. The first-order chi connectivity index (χ1) is 7.06. The lowest BCUT2D eigenvalue weighted by Crippen LogP contribution is -2.18. The van der Waals surface area contributed by atoms with Gasteiger partial charge in [0.05, 0.1) is 0 Å². The Hall–Kier alpha value is -1.18. The number of hydrogen-bond donors (Lipinski definition) is 0. The molecule has 0 aromatic heterocycles. The van der Waals surface area contributed by atoms with Gasteiger partial charge in [-0.25, -0.2) is 4.39 Å². The maximum absolute atomic E-state index is 13.4. The molecule has 0 radical (unpaired) electrons. The number of benzene rings is 1. The maximum atomic E-state index is 13.4. The normalized spacial score (nSPS) is 19.7. The Morgan fingerprint density at radius 3 is 2.20 bits per heavy atom. The molecule has 0 spiro atoms. The molecule has 15 heavy (non-hydrogen) atoms. The summed E-state index contributed by atoms with van der Waals surface area (Å²) in [5.41, 5.74) is 1.47. The van der Waals surface area contributed by atoms with Crippen molar-refractivity contribution >= 4 is 5.78 Å². The number of ketones is 1. The first-order valence-electron chi connectivity index (χ1n) is 5.32. The van der Waals surface area contributed by atoms with Crippen LogP contribution in [0.5, 0.6) is 0 Å². The molecule has 0 amide bonds. The van der Waals surface area contributed by atoms with E-state index < -0.39 is 6.17 Å². The third kappa shape index (κ3) is 1.69. The summed E-state index contributed by atoms with van der Waals surface area (Å²) in [5, 5.41) is 0. The summed E-state index contributed by atoms with van der Waals surface area (Å²) in [5.74, 6) is 0.0553. The van der Waals surface area contributed by atoms with Crippen molar-refractivity contribution in [3.63, 3.8) is 0 Å². The fourth-order valence-electron chi connectivity index (χ4n) is 2.09. The van der Waals surface area contributed by atoms with Crippen molar-refractivity contribution in [2.75, 3.05) is 0 Å². The van der Waals surface area contributed by atoms with Crippen LogP contribution in [0, 0.1) is 0 Å². The number of carbonyl (C=O) groups is 1. The van der Waals surface area contributed by atoms with E-state index in [0.717, 1.165) is 18.4 Å². The van der Waals surface area contributed by atoms with Gasteiger partial charge in [0.25, 0.3) is 0 Å². The van der Waals surface area contributed by atoms with E-state index in [1.165, 1.54) is 0 Å². The van der Waals surface area contributed by atoms with Crippen molar-refractivity contribution in [2.24, 2.45) is 0 Å². The molecule has 1 fully saturated rings. The van der Waals surface area contributed by atoms with Gasteiger partial charge in [0.2, 0.25) is 0 Å². The second-order valence-corrected chi connectivity index (χ2v) is 4.41. The molecule has 1 aliphatic carbocycles. The first kappa shape index (κ1) is 10.3. The Morgan fingerprint density at radius 2 is 1.87 bits per heavy atom. The smallest absolute Gasteiger partial charge is 0.159 e. The summed E-state index contributed by atoms with van der Waals surface area (Å²) in [6, 6.07) is 7.36. The molecule has 2 heteroatoms. The van der Waals surface area contributed by atoms with Gasteiger partial charge < -0.3 is 0 Å². The van der Waals surface area contributed by atoms with E-state index >= 15 is 0 Å². The van der Waals surface area contributed by atoms with Crippen molar-refractivity contribution in [2.45, 2.75) is 38.3 Å². The average Bonchev–Trinajstić information content (AvgIpc) is 2.98. The van der Waals surface area contributed by atoms with E-state index in [0.29, 0.717) is 5.56 Å². The number of rotatable bonds is 3. The second kappa shape index (κ2) is 3.44. The van der Waals surface area contributed by atoms with E-state index in [4.69, 9.17) is 0 Å². The Bertz CT molecular complexity index is 374. The van der Waals surface area contributed by atoms with Gasteiger partial charge in [-0.2, -0.15) is 0 Å². The lowest BCUT2D eigenvalue weighted by atomic mass is 9.91. The summed E-state index contributed by atoms with van der Waals surface area (Å²) in [6.45, 7) is 3.16. The van der Waals surface area contributed by atoms with Crippen LogP contribution in [-0.2, 0) is 5.41 Å². The Balaban J connectivity index is 2.28. The van der Waals surface area contributed by atoms with Crippen molar-refractivity contribution in [3.8, 4) is 0 Å². The number of hydrogen-bond acceptors (Lipinski definition) is 1. The molecule has 1 saturated carbocycles. The lowest BCUT2D eigenvalue weighted by Gasteiger charge is -2.17. The highest BCUT2D eigenvalue weighted by Crippen LogP contribution is 2.52. The summed E-state index contributed by atoms with van der Waals surface area (Å²) in [7, 11) is 0. The highest BCUT2D eigenvalue weighted by Gasteiger charge is 2.49. The summed E-state index contributed by atoms with van der Waals surface area (Å²) < 4.78 is 13.4. The van der Waals surface area contributed by atoms with Crippen LogP contribution in [0.15, 0.2) is 24.3 Å². The summed E-state index contributed by atoms with van der Waals surface area (Å²) in [4.78, 5) is 11.1. The van der Waals surface area contributed by atoms with Crippen LogP contribution in [0.2, 0.25) is 0 Å². The molecule has 1 unspecified atom stereocenters. The Morgan fingerprint density at radius 1 is 1.33 bits per heavy atom. The number of alkyl halides is 1. The van der Waals surface area contributed by atoms with Crippen molar-refractivity contribution in [3.05, 3.63) is 35.4 Å². The van der Waals surface area contributed by atoms with Gasteiger partial charge in [-0.05, 0) is 32.3 Å². The minimum absolute atomic E-state index is 0.0553. The molecule has 1 nitrogen and oxygen atoms in total. The van der Waals surface area contributed by atoms with Crippen LogP contribution in [0.1, 0.15) is 42.6 Å².